The van der Waals surface area contributed by atoms with E-state index in [2.05, 4.69) is 4.98 Å². The number of carboxylic acids is 1. The van der Waals surface area contributed by atoms with E-state index in [9.17, 15) is 14.7 Å². The van der Waals surface area contributed by atoms with Gasteiger partial charge in [0.25, 0.3) is 0 Å². The molecular weight excluding hydrogens is 332 g/mol. The Hall–Kier alpha value is -2.63. The summed E-state index contributed by atoms with van der Waals surface area (Å²) in [6.45, 7) is 0.901. The minimum atomic E-state index is -0.754. The number of fused-ring (bicyclic) bond motifs is 1. The lowest BCUT2D eigenvalue weighted by atomic mass is 9.81. The van der Waals surface area contributed by atoms with Crippen molar-refractivity contribution in [2.75, 3.05) is 13.1 Å². The number of carboxylic acid groups (broad SMARTS) is 1. The Labute approximate surface area is 151 Å². The number of benzene rings is 1. The number of rotatable bonds is 5. The fourth-order valence-electron chi connectivity index (χ4n) is 4.36. The highest BCUT2D eigenvalue weighted by Crippen LogP contribution is 2.49. The minimum absolute atomic E-state index is 0.0144. The van der Waals surface area contributed by atoms with Crippen molar-refractivity contribution in [1.82, 2.24) is 9.88 Å². The number of hydrogen-bond donors (Lipinski definition) is 1. The molecule has 2 atom stereocenters. The van der Waals surface area contributed by atoms with Crippen LogP contribution in [0, 0.1) is 11.3 Å². The van der Waals surface area contributed by atoms with Crippen molar-refractivity contribution >= 4 is 11.9 Å². The van der Waals surface area contributed by atoms with Crippen LogP contribution >= 0.6 is 0 Å². The first-order valence-electron chi connectivity index (χ1n) is 9.10. The van der Waals surface area contributed by atoms with Crippen LogP contribution in [0.25, 0.3) is 11.3 Å². The van der Waals surface area contributed by atoms with Gasteiger partial charge in [0.05, 0.1) is 11.6 Å². The van der Waals surface area contributed by atoms with Crippen molar-refractivity contribution in [1.29, 1.82) is 0 Å². The molecule has 1 aliphatic heterocycles. The van der Waals surface area contributed by atoms with Gasteiger partial charge in [-0.1, -0.05) is 36.8 Å². The monoisotopic (exact) mass is 354 g/mol. The summed E-state index contributed by atoms with van der Waals surface area (Å²) in [7, 11) is 0. The van der Waals surface area contributed by atoms with E-state index in [1.165, 1.54) is 0 Å². The molecule has 1 saturated carbocycles. The number of nitrogens with zero attached hydrogens (tertiary/aromatic N) is 2. The van der Waals surface area contributed by atoms with Gasteiger partial charge in [0, 0.05) is 31.5 Å². The number of carbonyl (C=O) groups excluding carboxylic acids is 1. The molecule has 0 unspecified atom stereocenters. The highest BCUT2D eigenvalue weighted by atomic mass is 16.4. The van der Waals surface area contributed by atoms with Crippen LogP contribution < -0.4 is 0 Å². The molecule has 2 heterocycles. The molecule has 0 spiro atoms. The van der Waals surface area contributed by atoms with E-state index in [0.29, 0.717) is 37.6 Å². The van der Waals surface area contributed by atoms with Gasteiger partial charge in [0.1, 0.15) is 0 Å². The largest absolute Gasteiger partial charge is 0.481 e. The number of amides is 1. The predicted octanol–water partition coefficient (Wildman–Crippen LogP) is 2.99. The zero-order valence-corrected chi connectivity index (χ0v) is 14.6. The van der Waals surface area contributed by atoms with E-state index in [1.807, 2.05) is 30.3 Å². The molecule has 0 radical (unpaired) electrons. The van der Waals surface area contributed by atoms with Crippen LogP contribution in [0.15, 0.2) is 40.9 Å². The van der Waals surface area contributed by atoms with Gasteiger partial charge >= 0.3 is 5.97 Å². The molecule has 1 aliphatic carbocycles. The summed E-state index contributed by atoms with van der Waals surface area (Å²) in [5.41, 5.74) is 0.229. The van der Waals surface area contributed by atoms with Crippen molar-refractivity contribution < 1.29 is 19.1 Å². The summed E-state index contributed by atoms with van der Waals surface area (Å²) in [5.74, 6) is 0.545. The molecule has 2 fully saturated rings. The molecule has 0 bridgehead atoms. The fourth-order valence-corrected chi connectivity index (χ4v) is 4.36. The van der Waals surface area contributed by atoms with Gasteiger partial charge in [-0.2, -0.15) is 0 Å². The summed E-state index contributed by atoms with van der Waals surface area (Å²) in [6, 6.07) is 9.70. The minimum Gasteiger partial charge on any atom is -0.481 e. The van der Waals surface area contributed by atoms with Crippen LogP contribution in [0.3, 0.4) is 0 Å². The van der Waals surface area contributed by atoms with E-state index in [0.717, 1.165) is 18.4 Å². The highest BCUT2D eigenvalue weighted by Gasteiger charge is 2.55. The van der Waals surface area contributed by atoms with Crippen molar-refractivity contribution in [2.45, 2.75) is 32.1 Å². The van der Waals surface area contributed by atoms with Crippen LogP contribution in [0.4, 0.5) is 0 Å². The van der Waals surface area contributed by atoms with Crippen LogP contribution in [-0.4, -0.2) is 40.0 Å². The number of hydrogen-bond acceptors (Lipinski definition) is 4. The van der Waals surface area contributed by atoms with E-state index < -0.39 is 11.4 Å². The Bertz CT molecular complexity index is 816. The third-order valence-electron chi connectivity index (χ3n) is 5.81. The Balaban J connectivity index is 1.37. The molecule has 6 nitrogen and oxygen atoms in total. The van der Waals surface area contributed by atoms with E-state index >= 15 is 0 Å². The molecule has 4 rings (SSSR count). The first-order chi connectivity index (χ1) is 12.6. The Kier molecular flexibility index (Phi) is 4.26. The molecule has 1 amide bonds. The maximum Gasteiger partial charge on any atom is 0.311 e. The van der Waals surface area contributed by atoms with Gasteiger partial charge in [-0.15, -0.1) is 0 Å². The van der Waals surface area contributed by atoms with Gasteiger partial charge in [-0.3, -0.25) is 9.59 Å². The number of aliphatic carboxylic acids is 1. The molecule has 6 heteroatoms. The number of aromatic nitrogens is 1. The third-order valence-corrected chi connectivity index (χ3v) is 5.81. The zero-order valence-electron chi connectivity index (χ0n) is 14.6. The SMILES string of the molecule is O=C(CCc1ncc(-c2ccccc2)o1)N1C[C@@H]2CCC[C@@]2(C(=O)O)C1. The van der Waals surface area contributed by atoms with E-state index in [1.54, 1.807) is 11.1 Å². The second-order valence-electron chi connectivity index (χ2n) is 7.31. The average Bonchev–Trinajstić information content (AvgIpc) is 3.34. The molecule has 1 N–H and O–H groups in total. The van der Waals surface area contributed by atoms with Gasteiger partial charge in [0.15, 0.2) is 11.7 Å². The normalized spacial score (nSPS) is 24.6. The standard InChI is InChI=1S/C20H22N2O4/c23-18(22-12-15-7-4-10-20(15,13-22)19(24)25)9-8-17-21-11-16(26-17)14-5-2-1-3-6-14/h1-3,5-6,11,15H,4,7-10,12-13H2,(H,24,25)/t15-,20+/m0/s1. The van der Waals surface area contributed by atoms with Crippen molar-refractivity contribution in [3.63, 3.8) is 0 Å². The number of oxazole rings is 1. The Morgan fingerprint density at radius 1 is 1.31 bits per heavy atom. The van der Waals surface area contributed by atoms with E-state index in [-0.39, 0.29) is 18.2 Å². The molecular formula is C20H22N2O4. The first-order valence-corrected chi connectivity index (χ1v) is 9.10. The highest BCUT2D eigenvalue weighted by molar-refractivity contribution is 5.81. The summed E-state index contributed by atoms with van der Waals surface area (Å²) in [5, 5.41) is 9.63. The maximum absolute atomic E-state index is 12.6. The molecule has 1 aromatic heterocycles. The second kappa shape index (κ2) is 6.59. The van der Waals surface area contributed by atoms with Gasteiger partial charge in [-0.25, -0.2) is 4.98 Å². The lowest BCUT2D eigenvalue weighted by Gasteiger charge is -2.23. The lowest BCUT2D eigenvalue weighted by molar-refractivity contribution is -0.149. The summed E-state index contributed by atoms with van der Waals surface area (Å²) in [4.78, 5) is 30.3. The fraction of sp³-hybridized carbons (Fsp3) is 0.450. The van der Waals surface area contributed by atoms with Gasteiger partial charge in [-0.05, 0) is 18.8 Å². The third kappa shape index (κ3) is 2.89. The van der Waals surface area contributed by atoms with Crippen molar-refractivity contribution in [2.24, 2.45) is 11.3 Å². The molecule has 136 valence electrons. The summed E-state index contributed by atoms with van der Waals surface area (Å²) >= 11 is 0. The lowest BCUT2D eigenvalue weighted by Crippen LogP contribution is -2.37. The van der Waals surface area contributed by atoms with Crippen LogP contribution in [0.2, 0.25) is 0 Å². The van der Waals surface area contributed by atoms with Crippen molar-refractivity contribution in [3.05, 3.63) is 42.4 Å². The van der Waals surface area contributed by atoms with Crippen LogP contribution in [0.1, 0.15) is 31.6 Å². The van der Waals surface area contributed by atoms with Crippen LogP contribution in [0.5, 0.6) is 0 Å². The van der Waals surface area contributed by atoms with E-state index in [4.69, 9.17) is 4.42 Å². The summed E-state index contributed by atoms with van der Waals surface area (Å²) < 4.78 is 5.74. The Morgan fingerprint density at radius 3 is 2.85 bits per heavy atom. The average molecular weight is 354 g/mol. The first kappa shape index (κ1) is 16.8. The molecule has 2 aromatic rings. The van der Waals surface area contributed by atoms with Crippen molar-refractivity contribution in [3.8, 4) is 11.3 Å². The van der Waals surface area contributed by atoms with Gasteiger partial charge < -0.3 is 14.4 Å². The predicted molar refractivity (Wildman–Crippen MR) is 94.2 cm³/mol. The topological polar surface area (TPSA) is 83.6 Å². The second-order valence-corrected chi connectivity index (χ2v) is 7.31. The molecule has 1 saturated heterocycles. The molecule has 1 aromatic carbocycles. The number of aryl methyl sites for hydroxylation is 1. The maximum atomic E-state index is 12.6. The Morgan fingerprint density at radius 2 is 2.12 bits per heavy atom. The molecule has 26 heavy (non-hydrogen) atoms. The quantitative estimate of drug-likeness (QED) is 0.892. The number of likely N-dealkylation sites (tertiary alicyclic amines) is 1. The van der Waals surface area contributed by atoms with Gasteiger partial charge in [0.2, 0.25) is 5.91 Å². The molecule has 2 aliphatic rings. The summed E-state index contributed by atoms with van der Waals surface area (Å²) in [6.07, 6.45) is 4.91. The van der Waals surface area contributed by atoms with Crippen LogP contribution in [-0.2, 0) is 16.0 Å². The smallest absolute Gasteiger partial charge is 0.311 e. The number of carbonyl (C=O) groups is 2. The zero-order chi connectivity index (χ0) is 18.1.